The van der Waals surface area contributed by atoms with Gasteiger partial charge in [-0.25, -0.2) is 0 Å². The molecule has 1 aromatic carbocycles. The molecule has 21 heavy (non-hydrogen) atoms. The van der Waals surface area contributed by atoms with E-state index in [4.69, 9.17) is 11.6 Å². The molecule has 5 nitrogen and oxygen atoms in total. The normalized spacial score (nSPS) is 17.0. The van der Waals surface area contributed by atoms with E-state index in [9.17, 15) is 9.59 Å². The van der Waals surface area contributed by atoms with E-state index in [1.54, 1.807) is 18.2 Å². The number of benzene rings is 1. The first-order valence-electron chi connectivity index (χ1n) is 6.64. The molecule has 1 fully saturated rings. The highest BCUT2D eigenvalue weighted by Crippen LogP contribution is 2.22. The molecule has 1 atom stereocenters. The minimum Gasteiger partial charge on any atom is -0.346 e. The smallest absolute Gasteiger partial charge is 0.243 e. The van der Waals surface area contributed by atoms with E-state index in [0.29, 0.717) is 10.7 Å². The van der Waals surface area contributed by atoms with Crippen LogP contribution in [-0.2, 0) is 9.59 Å². The standard InChI is InChI=1S/C14H18ClN3O2.ClH/c1-9-10(15)4-2-5-11(9)18-13(19)8-17-14(20)12-6-3-7-16-12;/h2,4-5,12,16H,3,6-8H2,1H3,(H,17,20)(H,18,19);1H. The average Bonchev–Trinajstić information content (AvgIpc) is 2.95. The Morgan fingerprint density at radius 3 is 2.86 bits per heavy atom. The molecule has 1 aromatic rings. The number of anilines is 1. The molecule has 0 radical (unpaired) electrons. The van der Waals surface area contributed by atoms with Gasteiger partial charge in [0.1, 0.15) is 0 Å². The number of rotatable bonds is 4. The van der Waals surface area contributed by atoms with Crippen molar-refractivity contribution in [3.05, 3.63) is 28.8 Å². The number of amides is 2. The Morgan fingerprint density at radius 2 is 2.19 bits per heavy atom. The second-order valence-electron chi connectivity index (χ2n) is 4.83. The summed E-state index contributed by atoms with van der Waals surface area (Å²) in [4.78, 5) is 23.6. The first-order valence-corrected chi connectivity index (χ1v) is 7.02. The fourth-order valence-electron chi connectivity index (χ4n) is 2.14. The predicted molar refractivity (Wildman–Crippen MR) is 86.1 cm³/mol. The first-order chi connectivity index (χ1) is 9.58. The molecule has 0 saturated carbocycles. The Hall–Kier alpha value is -1.30. The fraction of sp³-hybridized carbons (Fsp3) is 0.429. The lowest BCUT2D eigenvalue weighted by molar-refractivity contribution is -0.125. The second-order valence-corrected chi connectivity index (χ2v) is 5.23. The van der Waals surface area contributed by atoms with Crippen molar-refractivity contribution in [3.63, 3.8) is 0 Å². The van der Waals surface area contributed by atoms with Crippen LogP contribution in [0.1, 0.15) is 18.4 Å². The number of carbonyl (C=O) groups is 2. The molecule has 2 rings (SSSR count). The number of hydrogen-bond acceptors (Lipinski definition) is 3. The van der Waals surface area contributed by atoms with Crippen LogP contribution in [0, 0.1) is 6.92 Å². The molecular formula is C14H19Cl2N3O2. The zero-order valence-corrected chi connectivity index (χ0v) is 13.3. The van der Waals surface area contributed by atoms with Gasteiger partial charge in [0.15, 0.2) is 0 Å². The third-order valence-electron chi connectivity index (χ3n) is 3.34. The SMILES string of the molecule is Cc1c(Cl)cccc1NC(=O)CNC(=O)C1CCCN1.Cl. The van der Waals surface area contributed by atoms with Crippen molar-refractivity contribution >= 4 is 41.5 Å². The van der Waals surface area contributed by atoms with Gasteiger partial charge in [0.25, 0.3) is 0 Å². The van der Waals surface area contributed by atoms with Crippen LogP contribution in [0.15, 0.2) is 18.2 Å². The zero-order valence-electron chi connectivity index (χ0n) is 11.7. The summed E-state index contributed by atoms with van der Waals surface area (Å²) in [5.74, 6) is -0.387. The molecule has 0 aromatic heterocycles. The minimum atomic E-state index is -0.262. The fourth-order valence-corrected chi connectivity index (χ4v) is 2.31. The largest absolute Gasteiger partial charge is 0.346 e. The van der Waals surface area contributed by atoms with E-state index < -0.39 is 0 Å². The molecule has 1 unspecified atom stereocenters. The van der Waals surface area contributed by atoms with E-state index in [1.165, 1.54) is 0 Å². The van der Waals surface area contributed by atoms with Gasteiger partial charge in [-0.1, -0.05) is 17.7 Å². The number of halogens is 2. The number of hydrogen-bond donors (Lipinski definition) is 3. The topological polar surface area (TPSA) is 70.2 Å². The van der Waals surface area contributed by atoms with Gasteiger partial charge < -0.3 is 16.0 Å². The van der Waals surface area contributed by atoms with Crippen molar-refractivity contribution in [2.45, 2.75) is 25.8 Å². The number of carbonyl (C=O) groups excluding carboxylic acids is 2. The summed E-state index contributed by atoms with van der Waals surface area (Å²) in [5, 5.41) is 9.05. The van der Waals surface area contributed by atoms with Crippen LogP contribution in [0.3, 0.4) is 0 Å². The first kappa shape index (κ1) is 17.8. The lowest BCUT2D eigenvalue weighted by Gasteiger charge is -2.12. The summed E-state index contributed by atoms with van der Waals surface area (Å²) in [6.45, 7) is 2.65. The van der Waals surface area contributed by atoms with Crippen molar-refractivity contribution < 1.29 is 9.59 Å². The third-order valence-corrected chi connectivity index (χ3v) is 3.75. The molecule has 1 saturated heterocycles. The van der Waals surface area contributed by atoms with Gasteiger partial charge in [0.05, 0.1) is 12.6 Å². The van der Waals surface area contributed by atoms with Crippen LogP contribution >= 0.6 is 24.0 Å². The van der Waals surface area contributed by atoms with Crippen molar-refractivity contribution in [2.75, 3.05) is 18.4 Å². The highest BCUT2D eigenvalue weighted by molar-refractivity contribution is 6.31. The lowest BCUT2D eigenvalue weighted by Crippen LogP contribution is -2.43. The van der Waals surface area contributed by atoms with Gasteiger partial charge >= 0.3 is 0 Å². The molecule has 3 N–H and O–H groups in total. The maximum atomic E-state index is 11.8. The molecule has 1 heterocycles. The van der Waals surface area contributed by atoms with E-state index in [-0.39, 0.29) is 36.8 Å². The molecule has 116 valence electrons. The van der Waals surface area contributed by atoms with Crippen LogP contribution in [0.25, 0.3) is 0 Å². The highest BCUT2D eigenvalue weighted by Gasteiger charge is 2.22. The summed E-state index contributed by atoms with van der Waals surface area (Å²) < 4.78 is 0. The predicted octanol–water partition coefficient (Wildman–Crippen LogP) is 1.88. The highest BCUT2D eigenvalue weighted by atomic mass is 35.5. The van der Waals surface area contributed by atoms with Gasteiger partial charge in [-0.2, -0.15) is 0 Å². The van der Waals surface area contributed by atoms with Crippen LogP contribution in [0.4, 0.5) is 5.69 Å². The summed E-state index contributed by atoms with van der Waals surface area (Å²) in [6, 6.07) is 5.14. The summed E-state index contributed by atoms with van der Waals surface area (Å²) >= 11 is 5.98. The maximum absolute atomic E-state index is 11.8. The zero-order chi connectivity index (χ0) is 14.5. The molecule has 7 heteroatoms. The second kappa shape index (κ2) is 8.22. The van der Waals surface area contributed by atoms with Crippen LogP contribution < -0.4 is 16.0 Å². The van der Waals surface area contributed by atoms with E-state index in [2.05, 4.69) is 16.0 Å². The van der Waals surface area contributed by atoms with E-state index in [0.717, 1.165) is 24.9 Å². The van der Waals surface area contributed by atoms with Crippen molar-refractivity contribution in [2.24, 2.45) is 0 Å². The van der Waals surface area contributed by atoms with Crippen molar-refractivity contribution in [1.29, 1.82) is 0 Å². The quantitative estimate of drug-likeness (QED) is 0.788. The molecule has 0 bridgehead atoms. The van der Waals surface area contributed by atoms with Gasteiger partial charge in [-0.05, 0) is 44.0 Å². The van der Waals surface area contributed by atoms with E-state index >= 15 is 0 Å². The maximum Gasteiger partial charge on any atom is 0.243 e. The van der Waals surface area contributed by atoms with Gasteiger partial charge in [-0.3, -0.25) is 9.59 Å². The molecule has 0 aliphatic carbocycles. The van der Waals surface area contributed by atoms with Gasteiger partial charge in [-0.15, -0.1) is 12.4 Å². The van der Waals surface area contributed by atoms with Gasteiger partial charge in [0.2, 0.25) is 11.8 Å². The monoisotopic (exact) mass is 331 g/mol. The Kier molecular flexibility index (Phi) is 6.95. The van der Waals surface area contributed by atoms with Crippen molar-refractivity contribution in [3.8, 4) is 0 Å². The van der Waals surface area contributed by atoms with E-state index in [1.807, 2.05) is 6.92 Å². The summed E-state index contributed by atoms with van der Waals surface area (Å²) in [5.41, 5.74) is 1.47. The Balaban J connectivity index is 0.00000220. The van der Waals surface area contributed by atoms with Crippen LogP contribution in [0.5, 0.6) is 0 Å². The molecule has 0 spiro atoms. The Labute approximate surface area is 135 Å². The van der Waals surface area contributed by atoms with Gasteiger partial charge in [0, 0.05) is 10.7 Å². The Morgan fingerprint density at radius 1 is 1.43 bits per heavy atom. The molecule has 2 amide bonds. The third kappa shape index (κ3) is 4.88. The van der Waals surface area contributed by atoms with Crippen molar-refractivity contribution in [1.82, 2.24) is 10.6 Å². The number of nitrogens with one attached hydrogen (secondary N) is 3. The van der Waals surface area contributed by atoms with Crippen LogP contribution in [-0.4, -0.2) is 30.9 Å². The molecular weight excluding hydrogens is 313 g/mol. The lowest BCUT2D eigenvalue weighted by atomic mass is 10.2. The summed E-state index contributed by atoms with van der Waals surface area (Å²) in [6.07, 6.45) is 1.81. The minimum absolute atomic E-state index is 0. The molecule has 1 aliphatic rings. The summed E-state index contributed by atoms with van der Waals surface area (Å²) in [7, 11) is 0. The molecule has 1 aliphatic heterocycles. The Bertz CT molecular complexity index is 517. The average molecular weight is 332 g/mol. The van der Waals surface area contributed by atoms with Crippen LogP contribution in [0.2, 0.25) is 5.02 Å².